The number of rotatable bonds is 7. The van der Waals surface area contributed by atoms with Gasteiger partial charge in [0.25, 0.3) is 0 Å². The molecule has 2 N–H and O–H groups in total. The van der Waals surface area contributed by atoms with Crippen molar-refractivity contribution in [3.8, 4) is 0 Å². The van der Waals surface area contributed by atoms with Crippen molar-refractivity contribution >= 4 is 0 Å². The quantitative estimate of drug-likeness (QED) is 0.763. The fourth-order valence-corrected chi connectivity index (χ4v) is 3.07. The molecule has 114 valence electrons. The van der Waals surface area contributed by atoms with E-state index in [-0.39, 0.29) is 11.1 Å². The molecule has 19 heavy (non-hydrogen) atoms. The van der Waals surface area contributed by atoms with Crippen LogP contribution in [-0.2, 0) is 4.74 Å². The first-order valence-corrected chi connectivity index (χ1v) is 7.57. The number of hydrogen-bond donors (Lipinski definition) is 1. The summed E-state index contributed by atoms with van der Waals surface area (Å²) in [4.78, 5) is 4.72. The van der Waals surface area contributed by atoms with E-state index in [1.54, 1.807) is 0 Å². The molecule has 1 aliphatic heterocycles. The van der Waals surface area contributed by atoms with E-state index in [0.717, 1.165) is 45.5 Å². The third kappa shape index (κ3) is 4.42. The van der Waals surface area contributed by atoms with Crippen LogP contribution in [0.1, 0.15) is 39.5 Å². The zero-order valence-electron chi connectivity index (χ0n) is 13.5. The van der Waals surface area contributed by atoms with Crippen molar-refractivity contribution < 1.29 is 4.74 Å². The highest BCUT2D eigenvalue weighted by molar-refractivity contribution is 4.99. The van der Waals surface area contributed by atoms with Crippen LogP contribution >= 0.6 is 0 Å². The summed E-state index contributed by atoms with van der Waals surface area (Å²) in [5.41, 5.74) is 6.25. The van der Waals surface area contributed by atoms with Crippen molar-refractivity contribution in [2.75, 3.05) is 47.4 Å². The minimum atomic E-state index is -0.00652. The molecular weight excluding hydrogens is 238 g/mol. The highest BCUT2D eigenvalue weighted by atomic mass is 16.5. The van der Waals surface area contributed by atoms with Gasteiger partial charge in [-0.05, 0) is 66.8 Å². The Labute approximate surface area is 119 Å². The lowest BCUT2D eigenvalue weighted by molar-refractivity contribution is -0.124. The second-order valence-corrected chi connectivity index (χ2v) is 6.59. The zero-order chi connectivity index (χ0) is 14.5. The SMILES string of the molecule is CCC1(C)CC(CN)(N(C)CCCN(C)C)CCO1. The van der Waals surface area contributed by atoms with Crippen LogP contribution in [0, 0.1) is 0 Å². The fourth-order valence-electron chi connectivity index (χ4n) is 3.07. The maximum atomic E-state index is 6.14. The third-order valence-corrected chi connectivity index (χ3v) is 4.76. The number of likely N-dealkylation sites (N-methyl/N-ethyl adjacent to an activating group) is 1. The molecule has 1 rings (SSSR count). The van der Waals surface area contributed by atoms with Gasteiger partial charge >= 0.3 is 0 Å². The minimum Gasteiger partial charge on any atom is -0.375 e. The van der Waals surface area contributed by atoms with E-state index >= 15 is 0 Å². The van der Waals surface area contributed by atoms with Crippen molar-refractivity contribution in [3.63, 3.8) is 0 Å². The lowest BCUT2D eigenvalue weighted by Gasteiger charge is -2.50. The summed E-state index contributed by atoms with van der Waals surface area (Å²) < 4.78 is 5.97. The number of ether oxygens (including phenoxy) is 1. The lowest BCUT2D eigenvalue weighted by atomic mass is 9.78. The third-order valence-electron chi connectivity index (χ3n) is 4.76. The summed E-state index contributed by atoms with van der Waals surface area (Å²) in [5, 5.41) is 0. The molecule has 0 saturated carbocycles. The van der Waals surface area contributed by atoms with Gasteiger partial charge in [0, 0.05) is 18.7 Å². The molecule has 1 saturated heterocycles. The lowest BCUT2D eigenvalue weighted by Crippen LogP contribution is -2.60. The average molecular weight is 271 g/mol. The molecule has 0 bridgehead atoms. The Morgan fingerprint density at radius 1 is 1.21 bits per heavy atom. The molecule has 0 amide bonds. The Morgan fingerprint density at radius 3 is 2.42 bits per heavy atom. The van der Waals surface area contributed by atoms with Crippen LogP contribution in [0.4, 0.5) is 0 Å². The van der Waals surface area contributed by atoms with Crippen LogP contribution in [0.2, 0.25) is 0 Å². The molecule has 0 aromatic rings. The van der Waals surface area contributed by atoms with E-state index in [1.807, 2.05) is 0 Å². The van der Waals surface area contributed by atoms with Gasteiger partial charge in [0.2, 0.25) is 0 Å². The highest BCUT2D eigenvalue weighted by Crippen LogP contribution is 2.37. The van der Waals surface area contributed by atoms with Gasteiger partial charge in [0.05, 0.1) is 5.60 Å². The van der Waals surface area contributed by atoms with Gasteiger partial charge in [-0.25, -0.2) is 0 Å². The first kappa shape index (κ1) is 16.9. The molecular formula is C15H33N3O. The van der Waals surface area contributed by atoms with Gasteiger partial charge in [-0.1, -0.05) is 6.92 Å². The van der Waals surface area contributed by atoms with Crippen molar-refractivity contribution in [2.24, 2.45) is 5.73 Å². The Hall–Kier alpha value is -0.160. The van der Waals surface area contributed by atoms with Crippen molar-refractivity contribution in [1.29, 1.82) is 0 Å². The van der Waals surface area contributed by atoms with E-state index in [1.165, 1.54) is 6.42 Å². The summed E-state index contributed by atoms with van der Waals surface area (Å²) in [6, 6.07) is 0. The normalized spacial score (nSPS) is 32.2. The smallest absolute Gasteiger partial charge is 0.0670 e. The minimum absolute atomic E-state index is 0.00652. The first-order chi connectivity index (χ1) is 8.87. The number of nitrogens with two attached hydrogens (primary N) is 1. The van der Waals surface area contributed by atoms with Gasteiger partial charge in [0.1, 0.15) is 0 Å². The molecule has 0 spiro atoms. The molecule has 2 unspecified atom stereocenters. The largest absolute Gasteiger partial charge is 0.375 e. The number of hydrogen-bond acceptors (Lipinski definition) is 4. The predicted molar refractivity (Wildman–Crippen MR) is 81.5 cm³/mol. The molecule has 0 radical (unpaired) electrons. The Balaban J connectivity index is 2.63. The molecule has 1 heterocycles. The molecule has 1 aliphatic rings. The summed E-state index contributed by atoms with van der Waals surface area (Å²) >= 11 is 0. The van der Waals surface area contributed by atoms with E-state index in [9.17, 15) is 0 Å². The molecule has 0 aromatic heterocycles. The molecule has 4 heteroatoms. The summed E-state index contributed by atoms with van der Waals surface area (Å²) in [6.45, 7) is 8.23. The van der Waals surface area contributed by atoms with E-state index in [0.29, 0.717) is 0 Å². The molecule has 1 fully saturated rings. The topological polar surface area (TPSA) is 41.7 Å². The second-order valence-electron chi connectivity index (χ2n) is 6.59. The van der Waals surface area contributed by atoms with Gasteiger partial charge in [-0.2, -0.15) is 0 Å². The van der Waals surface area contributed by atoms with Crippen LogP contribution in [0.25, 0.3) is 0 Å². The van der Waals surface area contributed by atoms with E-state index < -0.39 is 0 Å². The fraction of sp³-hybridized carbons (Fsp3) is 1.00. The monoisotopic (exact) mass is 271 g/mol. The van der Waals surface area contributed by atoms with Crippen LogP contribution in [0.15, 0.2) is 0 Å². The highest BCUT2D eigenvalue weighted by Gasteiger charge is 2.43. The zero-order valence-corrected chi connectivity index (χ0v) is 13.5. The molecule has 0 aromatic carbocycles. The number of nitrogens with zero attached hydrogens (tertiary/aromatic N) is 2. The summed E-state index contributed by atoms with van der Waals surface area (Å²) in [5.74, 6) is 0. The van der Waals surface area contributed by atoms with Crippen LogP contribution < -0.4 is 5.73 Å². The van der Waals surface area contributed by atoms with E-state index in [2.05, 4.69) is 44.8 Å². The van der Waals surface area contributed by atoms with Crippen LogP contribution in [-0.4, -0.2) is 68.3 Å². The molecule has 2 atom stereocenters. The molecule has 0 aliphatic carbocycles. The van der Waals surface area contributed by atoms with Gasteiger partial charge in [0.15, 0.2) is 0 Å². The standard InChI is InChI=1S/C15H33N3O/c1-6-14(2)12-15(13-16,8-11-19-14)18(5)10-7-9-17(3)4/h6-13,16H2,1-5H3. The van der Waals surface area contributed by atoms with Gasteiger partial charge < -0.3 is 15.4 Å². The average Bonchev–Trinajstić information content (AvgIpc) is 2.38. The van der Waals surface area contributed by atoms with Crippen LogP contribution in [0.3, 0.4) is 0 Å². The second kappa shape index (κ2) is 7.02. The Morgan fingerprint density at radius 2 is 1.89 bits per heavy atom. The van der Waals surface area contributed by atoms with Crippen LogP contribution in [0.5, 0.6) is 0 Å². The van der Waals surface area contributed by atoms with Gasteiger partial charge in [-0.3, -0.25) is 4.90 Å². The van der Waals surface area contributed by atoms with Crippen molar-refractivity contribution in [3.05, 3.63) is 0 Å². The van der Waals surface area contributed by atoms with Gasteiger partial charge in [-0.15, -0.1) is 0 Å². The summed E-state index contributed by atoms with van der Waals surface area (Å²) in [6.07, 6.45) is 4.35. The Bertz CT molecular complexity index is 272. The van der Waals surface area contributed by atoms with E-state index in [4.69, 9.17) is 10.5 Å². The van der Waals surface area contributed by atoms with Crippen molar-refractivity contribution in [2.45, 2.75) is 50.7 Å². The Kier molecular flexibility index (Phi) is 6.24. The first-order valence-electron chi connectivity index (χ1n) is 7.57. The maximum Gasteiger partial charge on any atom is 0.0670 e. The maximum absolute atomic E-state index is 6.14. The molecule has 4 nitrogen and oxygen atoms in total. The summed E-state index contributed by atoms with van der Waals surface area (Å²) in [7, 11) is 6.48. The van der Waals surface area contributed by atoms with Crippen molar-refractivity contribution in [1.82, 2.24) is 9.80 Å². The predicted octanol–water partition coefficient (Wildman–Crippen LogP) is 1.55.